The number of amides is 2. The van der Waals surface area contributed by atoms with Crippen LogP contribution in [0.25, 0.3) is 6.08 Å². The van der Waals surface area contributed by atoms with Crippen molar-refractivity contribution >= 4 is 46.8 Å². The van der Waals surface area contributed by atoms with E-state index in [0.717, 1.165) is 6.42 Å². The Hall–Kier alpha value is -2.38. The van der Waals surface area contributed by atoms with Crippen LogP contribution >= 0.6 is 23.8 Å². The number of carbonyl (C=O) groups is 2. The summed E-state index contributed by atoms with van der Waals surface area (Å²) in [4.78, 5) is 26.1. The monoisotopic (exact) mass is 408 g/mol. The molecule has 0 unspecified atom stereocenters. The highest BCUT2D eigenvalue weighted by molar-refractivity contribution is 7.80. The number of nitrogens with one attached hydrogen (secondary N) is 1. The highest BCUT2D eigenvalue weighted by Crippen LogP contribution is 2.38. The first kappa shape index (κ1) is 20.9. The second kappa shape index (κ2) is 9.01. The topological polar surface area (TPSA) is 67.9 Å². The lowest BCUT2D eigenvalue weighted by Crippen LogP contribution is -2.53. The van der Waals surface area contributed by atoms with Crippen LogP contribution in [0.2, 0.25) is 5.02 Å². The van der Waals surface area contributed by atoms with Crippen molar-refractivity contribution in [3.8, 4) is 11.5 Å². The Balaban J connectivity index is 2.44. The zero-order chi connectivity index (χ0) is 20.1. The summed E-state index contributed by atoms with van der Waals surface area (Å²) in [6.07, 6.45) is 3.73. The first-order valence-corrected chi connectivity index (χ1v) is 9.14. The molecule has 1 atom stereocenters. The van der Waals surface area contributed by atoms with Crippen LogP contribution in [0.4, 0.5) is 0 Å². The van der Waals surface area contributed by atoms with Gasteiger partial charge in [0.15, 0.2) is 16.6 Å². The standard InChI is InChI=1S/C19H21ClN2O4S/c1-5-7-22-18(24)13(17(23)21-19(22)27)8-12-9-14(20)16(15(10-12)25-4)26-11(3)6-2/h5,8-11H,1,6-7H2,2-4H3,(H,21,23,27)/b13-8+/t11-/m0/s1. The summed E-state index contributed by atoms with van der Waals surface area (Å²) in [5, 5.41) is 2.87. The molecule has 27 heavy (non-hydrogen) atoms. The molecule has 1 N–H and O–H groups in total. The third-order valence-electron chi connectivity index (χ3n) is 3.95. The highest BCUT2D eigenvalue weighted by atomic mass is 35.5. The fourth-order valence-corrected chi connectivity index (χ4v) is 2.89. The van der Waals surface area contributed by atoms with Gasteiger partial charge >= 0.3 is 0 Å². The Bertz CT molecular complexity index is 822. The van der Waals surface area contributed by atoms with Crippen LogP contribution in [0, 0.1) is 0 Å². The van der Waals surface area contributed by atoms with Gasteiger partial charge in [-0.15, -0.1) is 6.58 Å². The molecule has 1 fully saturated rings. The van der Waals surface area contributed by atoms with Gasteiger partial charge in [0.2, 0.25) is 0 Å². The average Bonchev–Trinajstić information content (AvgIpc) is 2.63. The number of carbonyl (C=O) groups excluding carboxylic acids is 2. The van der Waals surface area contributed by atoms with E-state index in [4.69, 9.17) is 33.3 Å². The van der Waals surface area contributed by atoms with Gasteiger partial charge in [-0.3, -0.25) is 19.8 Å². The molecular weight excluding hydrogens is 388 g/mol. The molecule has 1 saturated heterocycles. The summed E-state index contributed by atoms with van der Waals surface area (Å²) in [6, 6.07) is 3.27. The maximum Gasteiger partial charge on any atom is 0.265 e. The molecule has 0 aromatic heterocycles. The van der Waals surface area contributed by atoms with Gasteiger partial charge in [-0.05, 0) is 49.3 Å². The molecule has 0 bridgehead atoms. The number of hydrogen-bond acceptors (Lipinski definition) is 5. The Morgan fingerprint density at radius 3 is 2.70 bits per heavy atom. The van der Waals surface area contributed by atoms with E-state index in [2.05, 4.69) is 11.9 Å². The summed E-state index contributed by atoms with van der Waals surface area (Å²) >= 11 is 11.4. The molecule has 8 heteroatoms. The summed E-state index contributed by atoms with van der Waals surface area (Å²) in [5.74, 6) is -0.236. The second-order valence-electron chi connectivity index (χ2n) is 5.89. The molecule has 0 radical (unpaired) electrons. The number of benzene rings is 1. The van der Waals surface area contributed by atoms with Crippen LogP contribution in [-0.2, 0) is 9.59 Å². The molecule has 2 amide bonds. The minimum Gasteiger partial charge on any atom is -0.493 e. The van der Waals surface area contributed by atoms with Crippen LogP contribution in [0.15, 0.2) is 30.4 Å². The lowest BCUT2D eigenvalue weighted by molar-refractivity contribution is -0.128. The largest absolute Gasteiger partial charge is 0.493 e. The van der Waals surface area contributed by atoms with Gasteiger partial charge in [0.05, 0.1) is 18.2 Å². The van der Waals surface area contributed by atoms with Gasteiger partial charge in [-0.2, -0.15) is 0 Å². The molecule has 1 aromatic carbocycles. The number of rotatable bonds is 7. The molecule has 0 spiro atoms. The molecule has 1 aliphatic heterocycles. The van der Waals surface area contributed by atoms with Gasteiger partial charge in [-0.25, -0.2) is 0 Å². The molecule has 0 saturated carbocycles. The summed E-state index contributed by atoms with van der Waals surface area (Å²) in [7, 11) is 1.49. The van der Waals surface area contributed by atoms with Gasteiger partial charge in [0.25, 0.3) is 11.8 Å². The number of methoxy groups -OCH3 is 1. The van der Waals surface area contributed by atoms with Crippen molar-refractivity contribution in [3.05, 3.63) is 40.9 Å². The van der Waals surface area contributed by atoms with Crippen LogP contribution in [0.5, 0.6) is 11.5 Å². The zero-order valence-electron chi connectivity index (χ0n) is 15.4. The normalized spacial score (nSPS) is 17.0. The first-order chi connectivity index (χ1) is 12.8. The minimum atomic E-state index is -0.569. The summed E-state index contributed by atoms with van der Waals surface area (Å²) in [6.45, 7) is 7.71. The Labute approximate surface area is 168 Å². The lowest BCUT2D eigenvalue weighted by Gasteiger charge is -2.27. The number of thiocarbonyl (C=S) groups is 1. The smallest absolute Gasteiger partial charge is 0.265 e. The third kappa shape index (κ3) is 4.67. The maximum atomic E-state index is 12.6. The van der Waals surface area contributed by atoms with Crippen LogP contribution in [-0.4, -0.2) is 41.6 Å². The molecule has 0 aliphatic carbocycles. The molecule has 144 valence electrons. The first-order valence-electron chi connectivity index (χ1n) is 8.36. The third-order valence-corrected chi connectivity index (χ3v) is 4.56. The van der Waals surface area contributed by atoms with Gasteiger partial charge in [-0.1, -0.05) is 24.6 Å². The van der Waals surface area contributed by atoms with Crippen molar-refractivity contribution in [1.82, 2.24) is 10.2 Å². The highest BCUT2D eigenvalue weighted by Gasteiger charge is 2.32. The van der Waals surface area contributed by atoms with Gasteiger partial charge in [0.1, 0.15) is 5.57 Å². The number of hydrogen-bond donors (Lipinski definition) is 1. The molecule has 1 heterocycles. The average molecular weight is 409 g/mol. The quantitative estimate of drug-likeness (QED) is 0.324. The molecule has 2 rings (SSSR count). The predicted molar refractivity (Wildman–Crippen MR) is 109 cm³/mol. The zero-order valence-corrected chi connectivity index (χ0v) is 16.9. The molecular formula is C19H21ClN2O4S. The summed E-state index contributed by atoms with van der Waals surface area (Å²) in [5.41, 5.74) is 0.470. The second-order valence-corrected chi connectivity index (χ2v) is 6.69. The van der Waals surface area contributed by atoms with Crippen molar-refractivity contribution in [2.75, 3.05) is 13.7 Å². The van der Waals surface area contributed by atoms with Crippen LogP contribution < -0.4 is 14.8 Å². The van der Waals surface area contributed by atoms with E-state index in [1.165, 1.54) is 24.2 Å². The van der Waals surface area contributed by atoms with E-state index >= 15 is 0 Å². The lowest BCUT2D eigenvalue weighted by atomic mass is 10.1. The van der Waals surface area contributed by atoms with Gasteiger partial charge < -0.3 is 9.47 Å². The Morgan fingerprint density at radius 2 is 2.11 bits per heavy atom. The van der Waals surface area contributed by atoms with Crippen molar-refractivity contribution in [2.24, 2.45) is 0 Å². The fourth-order valence-electron chi connectivity index (χ4n) is 2.38. The number of nitrogens with zero attached hydrogens (tertiary/aromatic N) is 1. The maximum absolute atomic E-state index is 12.6. The van der Waals surface area contributed by atoms with Crippen LogP contribution in [0.3, 0.4) is 0 Å². The van der Waals surface area contributed by atoms with Crippen molar-refractivity contribution in [1.29, 1.82) is 0 Å². The van der Waals surface area contributed by atoms with Crippen LogP contribution in [0.1, 0.15) is 25.8 Å². The van der Waals surface area contributed by atoms with Crippen molar-refractivity contribution in [2.45, 2.75) is 26.4 Å². The molecule has 1 aliphatic rings. The van der Waals surface area contributed by atoms with Crippen molar-refractivity contribution in [3.63, 3.8) is 0 Å². The summed E-state index contributed by atoms with van der Waals surface area (Å²) < 4.78 is 11.2. The number of ether oxygens (including phenoxy) is 2. The van der Waals surface area contributed by atoms with Crippen molar-refractivity contribution < 1.29 is 19.1 Å². The SMILES string of the molecule is C=CCN1C(=O)/C(=C/c2cc(Cl)c(O[C@@H](C)CC)c(OC)c2)C(=O)NC1=S. The Morgan fingerprint density at radius 1 is 1.41 bits per heavy atom. The van der Waals surface area contributed by atoms with E-state index in [1.54, 1.807) is 12.1 Å². The molecule has 1 aromatic rings. The fraction of sp³-hybridized carbons (Fsp3) is 0.316. The number of halogens is 1. The van der Waals surface area contributed by atoms with E-state index in [-0.39, 0.29) is 23.3 Å². The minimum absolute atomic E-state index is 0.0419. The van der Waals surface area contributed by atoms with E-state index in [1.807, 2.05) is 13.8 Å². The molecule has 6 nitrogen and oxygen atoms in total. The van der Waals surface area contributed by atoms with E-state index in [9.17, 15) is 9.59 Å². The Kier molecular flexibility index (Phi) is 6.98. The van der Waals surface area contributed by atoms with E-state index in [0.29, 0.717) is 22.1 Å². The van der Waals surface area contributed by atoms with E-state index < -0.39 is 11.8 Å². The predicted octanol–water partition coefficient (Wildman–Crippen LogP) is 3.34. The van der Waals surface area contributed by atoms with Gasteiger partial charge in [0, 0.05) is 6.54 Å².